The van der Waals surface area contributed by atoms with Gasteiger partial charge in [-0.05, 0) is 45.0 Å². The molecule has 0 aliphatic heterocycles. The molecule has 0 saturated heterocycles. The number of esters is 1. The highest BCUT2D eigenvalue weighted by molar-refractivity contribution is 6.69. The zero-order chi connectivity index (χ0) is 16.8. The van der Waals surface area contributed by atoms with Crippen LogP contribution in [0.25, 0.3) is 0 Å². The van der Waals surface area contributed by atoms with Crippen LogP contribution in [-0.4, -0.2) is 32.8 Å². The van der Waals surface area contributed by atoms with E-state index >= 15 is 0 Å². The van der Waals surface area contributed by atoms with E-state index in [1.54, 1.807) is 6.92 Å². The summed E-state index contributed by atoms with van der Waals surface area (Å²) in [6.07, 6.45) is 5.15. The lowest BCUT2D eigenvalue weighted by Crippen LogP contribution is -2.33. The summed E-state index contributed by atoms with van der Waals surface area (Å²) in [4.78, 5) is 24.2. The molecule has 0 N–H and O–H groups in total. The van der Waals surface area contributed by atoms with E-state index in [0.717, 1.165) is 31.3 Å². The third kappa shape index (κ3) is 5.69. The molecule has 0 fully saturated rings. The summed E-state index contributed by atoms with van der Waals surface area (Å²) in [5.74, 6) is -0.562. The highest BCUT2D eigenvalue weighted by Gasteiger charge is 2.35. The number of hydrogen-bond acceptors (Lipinski definition) is 4. The van der Waals surface area contributed by atoms with Crippen molar-refractivity contribution in [3.8, 4) is 0 Å². The number of unbranched alkanes of at least 4 members (excludes halogenated alkanes) is 2. The van der Waals surface area contributed by atoms with Crippen LogP contribution in [0, 0.1) is 0 Å². The summed E-state index contributed by atoms with van der Waals surface area (Å²) in [6.45, 7) is 10.6. The Morgan fingerprint density at radius 2 is 1.86 bits per heavy atom. The molecule has 0 saturated carbocycles. The molecule has 1 aliphatic carbocycles. The molecule has 4 nitrogen and oxygen atoms in total. The van der Waals surface area contributed by atoms with Gasteiger partial charge in [0.2, 0.25) is 0 Å². The average Bonchev–Trinajstić information content (AvgIpc) is 2.78. The van der Waals surface area contributed by atoms with Gasteiger partial charge < -0.3 is 9.16 Å². The molecule has 0 aromatic carbocycles. The lowest BCUT2D eigenvalue weighted by molar-refractivity contribution is -0.139. The number of hydrogen-bond donors (Lipinski definition) is 0. The molecule has 0 spiro atoms. The smallest absolute Gasteiger partial charge is 0.341 e. The van der Waals surface area contributed by atoms with Crippen molar-refractivity contribution in [3.05, 3.63) is 11.1 Å². The number of ketones is 1. The molecule has 0 aromatic rings. The summed E-state index contributed by atoms with van der Waals surface area (Å²) >= 11 is 0. The van der Waals surface area contributed by atoms with E-state index in [4.69, 9.17) is 9.16 Å². The molecule has 1 rings (SSSR count). The third-order valence-corrected chi connectivity index (χ3v) is 4.65. The molecule has 0 radical (unpaired) electrons. The van der Waals surface area contributed by atoms with Gasteiger partial charge in [-0.1, -0.05) is 26.2 Å². The highest BCUT2D eigenvalue weighted by Crippen LogP contribution is 2.32. The van der Waals surface area contributed by atoms with Crippen LogP contribution in [0.2, 0.25) is 19.6 Å². The van der Waals surface area contributed by atoms with E-state index < -0.39 is 14.3 Å². The fourth-order valence-corrected chi connectivity index (χ4v) is 3.87. The standard InChI is InChI=1S/C17H30O4Si/c1-6-8-9-10-15(21-22(3,4)5)13-11-12-14(18)16(13)17(19)20-7-2/h15H,6-12H2,1-5H3. The quantitative estimate of drug-likeness (QED) is 0.278. The molecule has 0 bridgehead atoms. The number of rotatable bonds is 9. The number of carbonyl (C=O) groups excluding carboxylic acids is 2. The minimum absolute atomic E-state index is 0.0897. The zero-order valence-electron chi connectivity index (χ0n) is 14.7. The van der Waals surface area contributed by atoms with Crippen molar-refractivity contribution in [2.24, 2.45) is 0 Å². The second-order valence-corrected chi connectivity index (χ2v) is 11.2. The predicted octanol–water partition coefficient (Wildman–Crippen LogP) is 4.01. The normalized spacial score (nSPS) is 17.0. The monoisotopic (exact) mass is 326 g/mol. The van der Waals surface area contributed by atoms with Crippen LogP contribution < -0.4 is 0 Å². The topological polar surface area (TPSA) is 52.6 Å². The van der Waals surface area contributed by atoms with E-state index in [1.807, 2.05) is 0 Å². The molecule has 1 atom stereocenters. The Kier molecular flexibility index (Phi) is 7.49. The first-order valence-corrected chi connectivity index (χ1v) is 11.8. The maximum Gasteiger partial charge on any atom is 0.341 e. The Balaban J connectivity index is 3.02. The maximum absolute atomic E-state index is 12.1. The molecule has 22 heavy (non-hydrogen) atoms. The second-order valence-electron chi connectivity index (χ2n) is 6.76. The van der Waals surface area contributed by atoms with Gasteiger partial charge in [-0.25, -0.2) is 4.79 Å². The first-order valence-electron chi connectivity index (χ1n) is 8.41. The first-order chi connectivity index (χ1) is 10.3. The van der Waals surface area contributed by atoms with Gasteiger partial charge >= 0.3 is 5.97 Å². The van der Waals surface area contributed by atoms with Gasteiger partial charge in [-0.2, -0.15) is 0 Å². The van der Waals surface area contributed by atoms with Crippen molar-refractivity contribution in [1.82, 2.24) is 0 Å². The second kappa shape index (κ2) is 8.63. The van der Waals surface area contributed by atoms with Crippen LogP contribution in [0.4, 0.5) is 0 Å². The van der Waals surface area contributed by atoms with E-state index in [0.29, 0.717) is 12.8 Å². The van der Waals surface area contributed by atoms with Crippen LogP contribution in [0.3, 0.4) is 0 Å². The van der Waals surface area contributed by atoms with Gasteiger partial charge in [0, 0.05) is 6.42 Å². The Morgan fingerprint density at radius 3 is 2.41 bits per heavy atom. The molecular weight excluding hydrogens is 296 g/mol. The van der Waals surface area contributed by atoms with E-state index in [2.05, 4.69) is 26.6 Å². The van der Waals surface area contributed by atoms with Crippen LogP contribution in [0.1, 0.15) is 52.4 Å². The van der Waals surface area contributed by atoms with E-state index in [1.165, 1.54) is 0 Å². The lowest BCUT2D eigenvalue weighted by atomic mass is 10.00. The molecule has 0 aromatic heterocycles. The Morgan fingerprint density at radius 1 is 1.18 bits per heavy atom. The summed E-state index contributed by atoms with van der Waals surface area (Å²) in [5.41, 5.74) is 1.14. The predicted molar refractivity (Wildman–Crippen MR) is 90.3 cm³/mol. The Hall–Kier alpha value is -0.943. The van der Waals surface area contributed by atoms with Crippen molar-refractivity contribution in [2.75, 3.05) is 6.61 Å². The van der Waals surface area contributed by atoms with Crippen molar-refractivity contribution >= 4 is 20.1 Å². The lowest BCUT2D eigenvalue weighted by Gasteiger charge is -2.28. The number of carbonyl (C=O) groups is 2. The summed E-state index contributed by atoms with van der Waals surface area (Å²) in [5, 5.41) is 0. The van der Waals surface area contributed by atoms with Crippen molar-refractivity contribution < 1.29 is 18.8 Å². The van der Waals surface area contributed by atoms with Gasteiger partial charge in [0.25, 0.3) is 0 Å². The molecular formula is C17H30O4Si. The minimum Gasteiger partial charge on any atom is -0.462 e. The Labute approximate surface area is 135 Å². The van der Waals surface area contributed by atoms with Gasteiger partial charge in [0.15, 0.2) is 14.1 Å². The van der Waals surface area contributed by atoms with E-state index in [-0.39, 0.29) is 24.1 Å². The summed E-state index contributed by atoms with van der Waals surface area (Å²) in [6, 6.07) is 0. The van der Waals surface area contributed by atoms with Crippen LogP contribution >= 0.6 is 0 Å². The third-order valence-electron chi connectivity index (χ3n) is 3.66. The van der Waals surface area contributed by atoms with Crippen molar-refractivity contribution in [2.45, 2.75) is 78.1 Å². The van der Waals surface area contributed by atoms with E-state index in [9.17, 15) is 9.59 Å². The Bertz CT molecular complexity index is 434. The fourth-order valence-electron chi connectivity index (χ4n) is 2.76. The van der Waals surface area contributed by atoms with Crippen molar-refractivity contribution in [3.63, 3.8) is 0 Å². The van der Waals surface area contributed by atoms with Gasteiger partial charge in [-0.3, -0.25) is 4.79 Å². The molecule has 126 valence electrons. The first kappa shape index (κ1) is 19.1. The minimum atomic E-state index is -1.75. The van der Waals surface area contributed by atoms with Gasteiger partial charge in [0.05, 0.1) is 12.7 Å². The maximum atomic E-state index is 12.1. The summed E-state index contributed by atoms with van der Waals surface area (Å²) < 4.78 is 11.4. The van der Waals surface area contributed by atoms with Crippen molar-refractivity contribution in [1.29, 1.82) is 0 Å². The van der Waals surface area contributed by atoms with Crippen LogP contribution in [0.15, 0.2) is 11.1 Å². The largest absolute Gasteiger partial charge is 0.462 e. The summed E-state index contributed by atoms with van der Waals surface area (Å²) in [7, 11) is -1.75. The zero-order valence-corrected chi connectivity index (χ0v) is 15.7. The molecule has 0 heterocycles. The SMILES string of the molecule is CCCCCC(O[Si](C)(C)C)C1=C(C(=O)OCC)C(=O)CC1. The van der Waals surface area contributed by atoms with Crippen LogP contribution in [-0.2, 0) is 18.8 Å². The van der Waals surface area contributed by atoms with Crippen LogP contribution in [0.5, 0.6) is 0 Å². The van der Waals surface area contributed by atoms with Gasteiger partial charge in [-0.15, -0.1) is 0 Å². The number of Topliss-reactive ketones (excluding diaryl/α,β-unsaturated/α-hetero) is 1. The molecule has 1 unspecified atom stereocenters. The highest BCUT2D eigenvalue weighted by atomic mass is 28.4. The number of ether oxygens (including phenoxy) is 1. The average molecular weight is 327 g/mol. The fraction of sp³-hybridized carbons (Fsp3) is 0.765. The molecule has 0 amide bonds. The molecule has 1 aliphatic rings. The van der Waals surface area contributed by atoms with Gasteiger partial charge in [0.1, 0.15) is 5.57 Å². The molecule has 5 heteroatoms.